The van der Waals surface area contributed by atoms with Crippen LogP contribution in [0.1, 0.15) is 49.9 Å². The van der Waals surface area contributed by atoms with Crippen molar-refractivity contribution in [3.05, 3.63) is 83.0 Å². The lowest BCUT2D eigenvalue weighted by atomic mass is 9.77. The highest BCUT2D eigenvalue weighted by Crippen LogP contribution is 2.38. The molecule has 2 aliphatic heterocycles. The third-order valence-corrected chi connectivity index (χ3v) is 7.14. The Morgan fingerprint density at radius 2 is 1.21 bits per heavy atom. The van der Waals surface area contributed by atoms with Crippen LogP contribution in [0.5, 0.6) is 11.5 Å². The Balaban J connectivity index is 1.42. The molecule has 2 aromatic rings. The van der Waals surface area contributed by atoms with E-state index in [1.165, 1.54) is 11.1 Å². The van der Waals surface area contributed by atoms with Gasteiger partial charge in [-0.2, -0.15) is 0 Å². The molecule has 8 heteroatoms. The summed E-state index contributed by atoms with van der Waals surface area (Å²) in [5.74, 6) is 1.02. The molecule has 4 rings (SSSR count). The van der Waals surface area contributed by atoms with E-state index in [-0.39, 0.29) is 17.4 Å². The second kappa shape index (κ2) is 12.1. The second-order valence-electron chi connectivity index (χ2n) is 10.8. The molecule has 8 nitrogen and oxygen atoms in total. The first-order valence-electron chi connectivity index (χ1n) is 13.2. The first-order valence-corrected chi connectivity index (χ1v) is 13.2. The summed E-state index contributed by atoms with van der Waals surface area (Å²) in [6.45, 7) is 19.0. The quantitative estimate of drug-likeness (QED) is 0.325. The molecular formula is C31H38N2O6. The van der Waals surface area contributed by atoms with Gasteiger partial charge in [-0.05, 0) is 49.2 Å². The molecule has 0 unspecified atom stereocenters. The molecule has 0 saturated heterocycles. The highest BCUT2D eigenvalue weighted by molar-refractivity contribution is 5.87. The average molecular weight is 535 g/mol. The second-order valence-corrected chi connectivity index (χ2v) is 10.8. The maximum atomic E-state index is 11.7. The molecular weight excluding hydrogens is 496 g/mol. The van der Waals surface area contributed by atoms with E-state index in [4.69, 9.17) is 18.9 Å². The Kier molecular flexibility index (Phi) is 8.77. The first-order chi connectivity index (χ1) is 18.5. The molecule has 39 heavy (non-hydrogen) atoms. The van der Waals surface area contributed by atoms with Crippen LogP contribution in [0.4, 0.5) is 0 Å². The Labute approximate surface area is 230 Å². The fraction of sp³-hybridized carbons (Fsp3) is 0.419. The van der Waals surface area contributed by atoms with Crippen molar-refractivity contribution in [1.29, 1.82) is 0 Å². The van der Waals surface area contributed by atoms with E-state index in [1.54, 1.807) is 13.8 Å². The van der Waals surface area contributed by atoms with Crippen molar-refractivity contribution in [3.63, 3.8) is 0 Å². The van der Waals surface area contributed by atoms with Crippen molar-refractivity contribution >= 4 is 11.9 Å². The van der Waals surface area contributed by atoms with E-state index in [0.29, 0.717) is 64.0 Å². The largest absolute Gasteiger partial charge is 0.478 e. The summed E-state index contributed by atoms with van der Waals surface area (Å²) in [4.78, 5) is 27.6. The molecule has 0 fully saturated rings. The fourth-order valence-corrected chi connectivity index (χ4v) is 4.60. The number of hydrogen-bond acceptors (Lipinski definition) is 8. The van der Waals surface area contributed by atoms with Crippen LogP contribution in [0.25, 0.3) is 0 Å². The van der Waals surface area contributed by atoms with Crippen LogP contribution in [-0.2, 0) is 37.6 Å². The first kappa shape index (κ1) is 28.4. The lowest BCUT2D eigenvalue weighted by Crippen LogP contribution is -2.35. The van der Waals surface area contributed by atoms with Crippen molar-refractivity contribution in [3.8, 4) is 11.5 Å². The number of carbonyl (C=O) groups is 2. The SMILES string of the molecule is C=C(C)C(=O)OCCN1COc2ccc(C(C)(C)c3ccc4c(c3)CN(CCOC(=O)C(=C)C)CO4)cc2C1. The van der Waals surface area contributed by atoms with Crippen molar-refractivity contribution in [2.45, 2.75) is 46.2 Å². The normalized spacial score (nSPS) is 15.3. The van der Waals surface area contributed by atoms with Gasteiger partial charge in [0, 0.05) is 53.9 Å². The van der Waals surface area contributed by atoms with Gasteiger partial charge in [-0.3, -0.25) is 9.80 Å². The minimum atomic E-state index is -0.373. The summed E-state index contributed by atoms with van der Waals surface area (Å²) >= 11 is 0. The topological polar surface area (TPSA) is 77.5 Å². The summed E-state index contributed by atoms with van der Waals surface area (Å²) in [6, 6.07) is 12.8. The number of nitrogens with zero attached hydrogens (tertiary/aromatic N) is 2. The van der Waals surface area contributed by atoms with Crippen LogP contribution in [0.2, 0.25) is 0 Å². The molecule has 2 aromatic carbocycles. The average Bonchev–Trinajstić information content (AvgIpc) is 2.91. The highest BCUT2D eigenvalue weighted by Gasteiger charge is 2.28. The van der Waals surface area contributed by atoms with E-state index < -0.39 is 0 Å². The summed E-state index contributed by atoms with van der Waals surface area (Å²) < 4.78 is 22.4. The van der Waals surface area contributed by atoms with E-state index in [1.807, 2.05) is 12.1 Å². The van der Waals surface area contributed by atoms with E-state index in [0.717, 1.165) is 22.6 Å². The van der Waals surface area contributed by atoms with Crippen molar-refractivity contribution in [2.75, 3.05) is 39.8 Å². The lowest BCUT2D eigenvalue weighted by Gasteiger charge is -2.33. The third-order valence-electron chi connectivity index (χ3n) is 7.14. The Morgan fingerprint density at radius 3 is 1.59 bits per heavy atom. The van der Waals surface area contributed by atoms with Crippen molar-refractivity contribution in [2.24, 2.45) is 0 Å². The summed E-state index contributed by atoms with van der Waals surface area (Å²) in [5, 5.41) is 0. The summed E-state index contributed by atoms with van der Waals surface area (Å²) in [5.41, 5.74) is 5.11. The molecule has 0 bridgehead atoms. The van der Waals surface area contributed by atoms with Crippen molar-refractivity contribution in [1.82, 2.24) is 9.80 Å². The van der Waals surface area contributed by atoms with E-state index in [2.05, 4.69) is 61.1 Å². The van der Waals surface area contributed by atoms with Gasteiger partial charge >= 0.3 is 11.9 Å². The summed E-state index contributed by atoms with van der Waals surface area (Å²) in [6.07, 6.45) is 0. The molecule has 0 aliphatic carbocycles. The molecule has 2 aliphatic rings. The molecule has 0 atom stereocenters. The number of fused-ring (bicyclic) bond motifs is 2. The molecule has 0 aromatic heterocycles. The van der Waals surface area contributed by atoms with Crippen LogP contribution in [0.3, 0.4) is 0 Å². The zero-order valence-corrected chi connectivity index (χ0v) is 23.4. The zero-order chi connectivity index (χ0) is 28.2. The zero-order valence-electron chi connectivity index (χ0n) is 23.4. The molecule has 0 saturated carbocycles. The standard InChI is InChI=1S/C31H38N2O6/c1-21(2)29(34)36-13-11-32-17-23-15-25(7-9-27(23)38-19-32)31(5,6)26-8-10-28-24(16-26)18-33(20-39-28)12-14-37-30(35)22(3)4/h7-10,15-16H,1,3,11-14,17-20H2,2,4-6H3. The monoisotopic (exact) mass is 534 g/mol. The van der Waals surface area contributed by atoms with Gasteiger partial charge in [-0.25, -0.2) is 9.59 Å². The van der Waals surface area contributed by atoms with E-state index >= 15 is 0 Å². The predicted molar refractivity (Wildman–Crippen MR) is 148 cm³/mol. The van der Waals surface area contributed by atoms with Gasteiger partial charge < -0.3 is 18.9 Å². The molecule has 208 valence electrons. The van der Waals surface area contributed by atoms with Gasteiger partial charge in [0.25, 0.3) is 0 Å². The number of carbonyl (C=O) groups excluding carboxylic acids is 2. The number of ether oxygens (including phenoxy) is 4. The predicted octanol–water partition coefficient (Wildman–Crippen LogP) is 4.55. The number of hydrogen-bond donors (Lipinski definition) is 0. The molecule has 2 heterocycles. The molecule has 0 spiro atoms. The lowest BCUT2D eigenvalue weighted by molar-refractivity contribution is -0.140. The van der Waals surface area contributed by atoms with Gasteiger partial charge in [0.05, 0.1) is 0 Å². The minimum Gasteiger partial charge on any atom is -0.478 e. The van der Waals surface area contributed by atoms with Gasteiger partial charge in [0.2, 0.25) is 0 Å². The maximum absolute atomic E-state index is 11.7. The van der Waals surface area contributed by atoms with Crippen LogP contribution >= 0.6 is 0 Å². The number of rotatable bonds is 10. The van der Waals surface area contributed by atoms with Gasteiger partial charge in [0.1, 0.15) is 38.2 Å². The number of benzene rings is 2. The van der Waals surface area contributed by atoms with E-state index in [9.17, 15) is 9.59 Å². The third kappa shape index (κ3) is 6.88. The number of esters is 2. The van der Waals surface area contributed by atoms with Crippen molar-refractivity contribution < 1.29 is 28.5 Å². The maximum Gasteiger partial charge on any atom is 0.333 e. The smallest absolute Gasteiger partial charge is 0.333 e. The minimum absolute atomic E-state index is 0.261. The van der Waals surface area contributed by atoms with Crippen LogP contribution in [-0.4, -0.2) is 61.5 Å². The Hall–Kier alpha value is -3.62. The van der Waals surface area contributed by atoms with Gasteiger partial charge in [-0.1, -0.05) is 39.1 Å². The van der Waals surface area contributed by atoms with Crippen LogP contribution in [0.15, 0.2) is 60.7 Å². The Bertz CT molecular complexity index is 1170. The fourth-order valence-electron chi connectivity index (χ4n) is 4.60. The van der Waals surface area contributed by atoms with Gasteiger partial charge in [-0.15, -0.1) is 0 Å². The Morgan fingerprint density at radius 1 is 0.795 bits per heavy atom. The van der Waals surface area contributed by atoms with Crippen LogP contribution in [0, 0.1) is 0 Å². The molecule has 0 radical (unpaired) electrons. The van der Waals surface area contributed by atoms with Crippen LogP contribution < -0.4 is 9.47 Å². The van der Waals surface area contributed by atoms with Gasteiger partial charge in [0.15, 0.2) is 0 Å². The highest BCUT2D eigenvalue weighted by atomic mass is 16.5. The molecule has 0 amide bonds. The molecule has 0 N–H and O–H groups in total. The summed E-state index contributed by atoms with van der Waals surface area (Å²) in [7, 11) is 0.